The van der Waals surface area contributed by atoms with E-state index in [0.29, 0.717) is 42.8 Å². The van der Waals surface area contributed by atoms with E-state index in [2.05, 4.69) is 15.2 Å². The summed E-state index contributed by atoms with van der Waals surface area (Å²) in [6, 6.07) is 6.27. The molecule has 3 aromatic rings. The van der Waals surface area contributed by atoms with Crippen molar-refractivity contribution < 1.29 is 22.4 Å². The fraction of sp³-hybridized carbons (Fsp3) is 0.300. The van der Waals surface area contributed by atoms with Gasteiger partial charge in [0.1, 0.15) is 17.1 Å². The normalized spacial score (nSPS) is 20.1. The second kappa shape index (κ2) is 7.01. The molecule has 2 bridgehead atoms. The number of hydrogen-bond acceptors (Lipinski definition) is 4. The third kappa shape index (κ3) is 3.08. The molecule has 2 aliphatic heterocycles. The zero-order valence-electron chi connectivity index (χ0n) is 15.8. The minimum absolute atomic E-state index is 0.279. The van der Waals surface area contributed by atoms with Crippen molar-refractivity contribution in [3.63, 3.8) is 0 Å². The van der Waals surface area contributed by atoms with Crippen molar-refractivity contribution in [2.45, 2.75) is 37.6 Å². The molecule has 6 nitrogen and oxygen atoms in total. The second-order valence-electron chi connectivity index (χ2n) is 7.45. The highest BCUT2D eigenvalue weighted by atomic mass is 35.5. The van der Waals surface area contributed by atoms with Crippen molar-refractivity contribution in [2.24, 2.45) is 0 Å². The third-order valence-corrected chi connectivity index (χ3v) is 6.10. The van der Waals surface area contributed by atoms with Gasteiger partial charge in [-0.1, -0.05) is 17.7 Å². The third-order valence-electron chi connectivity index (χ3n) is 5.71. The molecule has 0 radical (unpaired) electrons. The van der Waals surface area contributed by atoms with Crippen LogP contribution in [0.25, 0.3) is 11.5 Å². The number of nitrogens with zero attached hydrogens (tertiary/aromatic N) is 5. The topological polar surface area (TPSA) is 63.9 Å². The first-order valence-electron chi connectivity index (χ1n) is 9.49. The molecular formula is C20H14ClF4N5O. The Bertz CT molecular complexity index is 1180. The van der Waals surface area contributed by atoms with Crippen LogP contribution in [0, 0.1) is 5.82 Å². The molecule has 0 saturated carbocycles. The fourth-order valence-corrected chi connectivity index (χ4v) is 4.72. The Morgan fingerprint density at radius 2 is 1.94 bits per heavy atom. The predicted octanol–water partition coefficient (Wildman–Crippen LogP) is 4.51. The predicted molar refractivity (Wildman–Crippen MR) is 102 cm³/mol. The molecule has 1 fully saturated rings. The highest BCUT2D eigenvalue weighted by Gasteiger charge is 2.47. The van der Waals surface area contributed by atoms with Gasteiger partial charge in [0.15, 0.2) is 11.6 Å². The smallest absolute Gasteiger partial charge is 0.324 e. The van der Waals surface area contributed by atoms with E-state index in [4.69, 9.17) is 11.6 Å². The summed E-state index contributed by atoms with van der Waals surface area (Å²) in [4.78, 5) is 19.0. The van der Waals surface area contributed by atoms with Gasteiger partial charge in [-0.05, 0) is 37.1 Å². The highest BCUT2D eigenvalue weighted by molar-refractivity contribution is 6.34. The van der Waals surface area contributed by atoms with E-state index in [1.54, 1.807) is 18.3 Å². The number of halogens is 5. The van der Waals surface area contributed by atoms with E-state index in [1.807, 2.05) is 10.6 Å². The number of rotatable bonds is 2. The maximum absolute atomic E-state index is 13.8. The van der Waals surface area contributed by atoms with Gasteiger partial charge in [0.05, 0.1) is 22.7 Å². The number of benzene rings is 1. The summed E-state index contributed by atoms with van der Waals surface area (Å²) >= 11 is 5.86. The number of hydrogen-bond donors (Lipinski definition) is 0. The van der Waals surface area contributed by atoms with Gasteiger partial charge in [-0.3, -0.25) is 9.78 Å². The molecule has 0 aliphatic carbocycles. The van der Waals surface area contributed by atoms with Crippen molar-refractivity contribution in [1.82, 2.24) is 24.6 Å². The molecule has 160 valence electrons. The first kappa shape index (κ1) is 19.9. The number of aromatic nitrogens is 4. The minimum atomic E-state index is -5.02. The van der Waals surface area contributed by atoms with E-state index in [0.717, 1.165) is 6.07 Å². The lowest BCUT2D eigenvalue weighted by molar-refractivity contribution is -0.139. The monoisotopic (exact) mass is 451 g/mol. The van der Waals surface area contributed by atoms with Gasteiger partial charge in [0.25, 0.3) is 5.91 Å². The summed E-state index contributed by atoms with van der Waals surface area (Å²) in [5.74, 6) is -1.09. The summed E-state index contributed by atoms with van der Waals surface area (Å²) < 4.78 is 55.4. The molecule has 5 rings (SSSR count). The van der Waals surface area contributed by atoms with Crippen LogP contribution >= 0.6 is 11.6 Å². The first-order valence-corrected chi connectivity index (χ1v) is 9.87. The van der Waals surface area contributed by atoms with Crippen molar-refractivity contribution in [2.75, 3.05) is 0 Å². The second-order valence-corrected chi connectivity index (χ2v) is 7.83. The molecule has 1 saturated heterocycles. The molecule has 2 unspecified atom stereocenters. The lowest BCUT2D eigenvalue weighted by Gasteiger charge is -2.35. The largest absolute Gasteiger partial charge is 0.420 e. The van der Waals surface area contributed by atoms with Gasteiger partial charge >= 0.3 is 6.18 Å². The zero-order chi connectivity index (χ0) is 21.9. The van der Waals surface area contributed by atoms with Crippen molar-refractivity contribution in [3.05, 3.63) is 64.3 Å². The molecule has 0 spiro atoms. The first-order chi connectivity index (χ1) is 14.8. The lowest BCUT2D eigenvalue weighted by Crippen LogP contribution is -2.44. The van der Waals surface area contributed by atoms with E-state index >= 15 is 0 Å². The number of carbonyl (C=O) groups excluding carboxylic acids is 1. The van der Waals surface area contributed by atoms with E-state index in [1.165, 1.54) is 4.90 Å². The van der Waals surface area contributed by atoms with Gasteiger partial charge in [-0.25, -0.2) is 4.39 Å². The van der Waals surface area contributed by atoms with Crippen LogP contribution in [0.1, 0.15) is 40.6 Å². The highest BCUT2D eigenvalue weighted by Crippen LogP contribution is 2.44. The summed E-state index contributed by atoms with van der Waals surface area (Å²) in [6.07, 6.45) is -2.15. The fourth-order valence-electron chi connectivity index (χ4n) is 4.38. The van der Waals surface area contributed by atoms with Crippen LogP contribution in [-0.4, -0.2) is 36.6 Å². The van der Waals surface area contributed by atoms with Crippen LogP contribution in [-0.2, 0) is 12.7 Å². The minimum Gasteiger partial charge on any atom is -0.324 e. The van der Waals surface area contributed by atoms with Gasteiger partial charge in [-0.15, -0.1) is 10.2 Å². The van der Waals surface area contributed by atoms with Crippen molar-refractivity contribution in [1.29, 1.82) is 0 Å². The Hall–Kier alpha value is -3.01. The number of pyridine rings is 1. The maximum atomic E-state index is 13.8. The van der Waals surface area contributed by atoms with Crippen LogP contribution in [0.3, 0.4) is 0 Å². The Morgan fingerprint density at radius 3 is 2.65 bits per heavy atom. The molecule has 4 heterocycles. The van der Waals surface area contributed by atoms with E-state index in [9.17, 15) is 22.4 Å². The number of amides is 1. The zero-order valence-corrected chi connectivity index (χ0v) is 16.5. The van der Waals surface area contributed by atoms with Crippen LogP contribution < -0.4 is 0 Å². The molecule has 2 aliphatic rings. The molecule has 11 heteroatoms. The number of alkyl halides is 3. The molecule has 2 atom stereocenters. The molecule has 2 aromatic heterocycles. The summed E-state index contributed by atoms with van der Waals surface area (Å²) in [5.41, 5.74) is -1.38. The maximum Gasteiger partial charge on any atom is 0.420 e. The van der Waals surface area contributed by atoms with Crippen LogP contribution in [0.5, 0.6) is 0 Å². The molecule has 0 N–H and O–H groups in total. The molecule has 31 heavy (non-hydrogen) atoms. The Labute approximate surface area is 178 Å². The van der Waals surface area contributed by atoms with Gasteiger partial charge in [0, 0.05) is 12.7 Å². The SMILES string of the molecule is O=C(c1ccc(F)c(C(F)(F)F)c1Cl)N1C2CCC1c1nnc(-c3ccccn3)n1C2. The van der Waals surface area contributed by atoms with E-state index < -0.39 is 34.5 Å². The average Bonchev–Trinajstić information content (AvgIpc) is 3.28. The molecule has 1 aromatic carbocycles. The van der Waals surface area contributed by atoms with Gasteiger partial charge < -0.3 is 9.47 Å². The van der Waals surface area contributed by atoms with Crippen LogP contribution in [0.15, 0.2) is 36.5 Å². The average molecular weight is 452 g/mol. The van der Waals surface area contributed by atoms with Crippen molar-refractivity contribution in [3.8, 4) is 11.5 Å². The standard InChI is InChI=1S/C20H14ClF4N5O/c21-16-11(5-6-12(22)15(16)20(23,24)25)19(31)30-10-4-7-14(30)18-28-27-17(29(18)9-10)13-3-1-2-8-26-13/h1-3,5-6,8,10,14H,4,7,9H2. The lowest BCUT2D eigenvalue weighted by atomic mass is 10.1. The van der Waals surface area contributed by atoms with Crippen LogP contribution in [0.2, 0.25) is 5.02 Å². The van der Waals surface area contributed by atoms with Crippen molar-refractivity contribution >= 4 is 17.5 Å². The molecular weight excluding hydrogens is 438 g/mol. The Kier molecular flexibility index (Phi) is 4.51. The van der Waals surface area contributed by atoms with Gasteiger partial charge in [0.2, 0.25) is 0 Å². The number of fused-ring (bicyclic) bond motifs is 4. The Balaban J connectivity index is 1.53. The van der Waals surface area contributed by atoms with Gasteiger partial charge in [-0.2, -0.15) is 13.2 Å². The van der Waals surface area contributed by atoms with Crippen LogP contribution in [0.4, 0.5) is 17.6 Å². The quantitative estimate of drug-likeness (QED) is 0.538. The summed E-state index contributed by atoms with van der Waals surface area (Å²) in [7, 11) is 0. The number of carbonyl (C=O) groups is 1. The summed E-state index contributed by atoms with van der Waals surface area (Å²) in [6.45, 7) is 0.376. The van der Waals surface area contributed by atoms with E-state index in [-0.39, 0.29) is 11.6 Å². The Morgan fingerprint density at radius 1 is 1.13 bits per heavy atom. The molecule has 1 amide bonds. The summed E-state index contributed by atoms with van der Waals surface area (Å²) in [5, 5.41) is 7.52.